The van der Waals surface area contributed by atoms with Gasteiger partial charge in [-0.05, 0) is 61.5 Å². The Morgan fingerprint density at radius 3 is 2.24 bits per heavy atom. The van der Waals surface area contributed by atoms with Crippen LogP contribution in [0.3, 0.4) is 0 Å². The van der Waals surface area contributed by atoms with Gasteiger partial charge >= 0.3 is 0 Å². The Morgan fingerprint density at radius 2 is 1.65 bits per heavy atom. The molecule has 2 aromatic rings. The first-order valence-corrected chi connectivity index (χ1v) is 11.9. The predicted octanol–water partition coefficient (Wildman–Crippen LogP) is 4.33. The van der Waals surface area contributed by atoms with E-state index >= 15 is 0 Å². The number of phenolic OH excluding ortho intramolecular Hbond substituents is 1. The lowest BCUT2D eigenvalue weighted by Crippen LogP contribution is -2.38. The van der Waals surface area contributed by atoms with E-state index in [0.29, 0.717) is 36.6 Å². The molecule has 1 saturated heterocycles. The number of hydrogen-bond acceptors (Lipinski definition) is 6. The number of phenols is 1. The van der Waals surface area contributed by atoms with Crippen molar-refractivity contribution in [1.82, 2.24) is 9.80 Å². The number of likely N-dealkylation sites (tertiary alicyclic amines) is 1. The molecule has 2 aromatic carbocycles. The van der Waals surface area contributed by atoms with Crippen molar-refractivity contribution in [3.8, 4) is 11.5 Å². The van der Waals surface area contributed by atoms with E-state index in [1.807, 2.05) is 13.8 Å². The summed E-state index contributed by atoms with van der Waals surface area (Å²) in [5.74, 6) is -0.797. The van der Waals surface area contributed by atoms with Gasteiger partial charge in [0.1, 0.15) is 17.3 Å². The third kappa shape index (κ3) is 5.59. The van der Waals surface area contributed by atoms with E-state index in [4.69, 9.17) is 4.74 Å². The van der Waals surface area contributed by atoms with Gasteiger partial charge in [-0.2, -0.15) is 0 Å². The van der Waals surface area contributed by atoms with Crippen molar-refractivity contribution in [2.45, 2.75) is 39.7 Å². The number of benzene rings is 2. The molecule has 1 aliphatic rings. The number of aromatic hydroxyl groups is 1. The van der Waals surface area contributed by atoms with Gasteiger partial charge in [-0.15, -0.1) is 0 Å². The molecule has 0 bridgehead atoms. The van der Waals surface area contributed by atoms with Gasteiger partial charge in [0.05, 0.1) is 18.2 Å². The maximum atomic E-state index is 13.1. The number of carbonyl (C=O) groups excluding carboxylic acids is 2. The molecule has 1 amide bonds. The van der Waals surface area contributed by atoms with Gasteiger partial charge in [-0.3, -0.25) is 9.59 Å². The summed E-state index contributed by atoms with van der Waals surface area (Å²) < 4.78 is 5.68. The van der Waals surface area contributed by atoms with Crippen molar-refractivity contribution >= 4 is 17.4 Å². The zero-order chi connectivity index (χ0) is 24.7. The molecular formula is C27H34N2O5. The van der Waals surface area contributed by atoms with Gasteiger partial charge in [0.15, 0.2) is 0 Å². The van der Waals surface area contributed by atoms with E-state index in [1.165, 1.54) is 17.0 Å². The molecule has 0 saturated carbocycles. The quantitative estimate of drug-likeness (QED) is 0.222. The summed E-state index contributed by atoms with van der Waals surface area (Å²) in [7, 11) is 0. The second-order valence-electron chi connectivity index (χ2n) is 8.34. The monoisotopic (exact) mass is 466 g/mol. The number of unbranched alkanes of at least 4 members (excludes halogenated alkanes) is 1. The smallest absolute Gasteiger partial charge is 0.295 e. The molecule has 0 spiro atoms. The second kappa shape index (κ2) is 11.7. The van der Waals surface area contributed by atoms with E-state index in [-0.39, 0.29) is 17.1 Å². The molecular weight excluding hydrogens is 432 g/mol. The minimum Gasteiger partial charge on any atom is -0.508 e. The number of amides is 1. The maximum absolute atomic E-state index is 13.1. The summed E-state index contributed by atoms with van der Waals surface area (Å²) in [6.45, 7) is 9.41. The van der Waals surface area contributed by atoms with Gasteiger partial charge in [-0.1, -0.05) is 39.3 Å². The van der Waals surface area contributed by atoms with E-state index < -0.39 is 17.7 Å². The number of aliphatic hydroxyl groups excluding tert-OH is 1. The first kappa shape index (κ1) is 25.3. The van der Waals surface area contributed by atoms with Gasteiger partial charge in [0.2, 0.25) is 0 Å². The molecule has 0 aliphatic carbocycles. The molecule has 2 N–H and O–H groups in total. The van der Waals surface area contributed by atoms with Gasteiger partial charge in [-0.25, -0.2) is 0 Å². The third-order valence-corrected chi connectivity index (χ3v) is 6.19. The maximum Gasteiger partial charge on any atom is 0.295 e. The van der Waals surface area contributed by atoms with Crippen molar-refractivity contribution in [2.24, 2.45) is 0 Å². The summed E-state index contributed by atoms with van der Waals surface area (Å²) in [6.07, 6.45) is 1.98. The lowest BCUT2D eigenvalue weighted by atomic mass is 9.95. The average Bonchev–Trinajstić information content (AvgIpc) is 3.10. The van der Waals surface area contributed by atoms with E-state index in [0.717, 1.165) is 25.9 Å². The number of ether oxygens (including phenoxy) is 1. The van der Waals surface area contributed by atoms with Gasteiger partial charge in [0, 0.05) is 18.7 Å². The van der Waals surface area contributed by atoms with Crippen LogP contribution in [0.1, 0.15) is 50.8 Å². The Bertz CT molecular complexity index is 1010. The summed E-state index contributed by atoms with van der Waals surface area (Å²) in [5, 5.41) is 20.9. The molecule has 182 valence electrons. The predicted molar refractivity (Wildman–Crippen MR) is 132 cm³/mol. The Balaban J connectivity index is 1.98. The number of aliphatic hydroxyl groups is 1. The lowest BCUT2D eigenvalue weighted by Gasteiger charge is -2.28. The molecule has 34 heavy (non-hydrogen) atoms. The third-order valence-electron chi connectivity index (χ3n) is 6.19. The molecule has 1 aliphatic heterocycles. The minimum atomic E-state index is -0.739. The van der Waals surface area contributed by atoms with Crippen LogP contribution in [-0.4, -0.2) is 64.5 Å². The summed E-state index contributed by atoms with van der Waals surface area (Å²) >= 11 is 0. The minimum absolute atomic E-state index is 0.0508. The fourth-order valence-electron chi connectivity index (χ4n) is 4.10. The highest BCUT2D eigenvalue weighted by Gasteiger charge is 2.45. The van der Waals surface area contributed by atoms with Crippen LogP contribution >= 0.6 is 0 Å². The molecule has 3 rings (SSSR count). The van der Waals surface area contributed by atoms with Crippen LogP contribution in [0.15, 0.2) is 54.1 Å². The van der Waals surface area contributed by atoms with E-state index in [9.17, 15) is 19.8 Å². The zero-order valence-electron chi connectivity index (χ0n) is 20.2. The van der Waals surface area contributed by atoms with Crippen molar-refractivity contribution in [1.29, 1.82) is 0 Å². The highest BCUT2D eigenvalue weighted by molar-refractivity contribution is 6.46. The van der Waals surface area contributed by atoms with Crippen LogP contribution in [0.4, 0.5) is 0 Å². The van der Waals surface area contributed by atoms with Gasteiger partial charge < -0.3 is 24.7 Å². The SMILES string of the molecule is CCCCOc1ccc(/C(O)=C2\C(=O)C(=O)N(CCN(CC)CC)C2c2ccc(O)cc2)cc1. The van der Waals surface area contributed by atoms with Crippen LogP contribution in [0.25, 0.3) is 5.76 Å². The van der Waals surface area contributed by atoms with Crippen molar-refractivity contribution in [2.75, 3.05) is 32.8 Å². The highest BCUT2D eigenvalue weighted by atomic mass is 16.5. The van der Waals surface area contributed by atoms with Crippen LogP contribution in [0.5, 0.6) is 11.5 Å². The van der Waals surface area contributed by atoms with Crippen LogP contribution in [-0.2, 0) is 9.59 Å². The lowest BCUT2D eigenvalue weighted by molar-refractivity contribution is -0.140. The molecule has 0 aromatic heterocycles. The van der Waals surface area contributed by atoms with Crippen molar-refractivity contribution in [3.63, 3.8) is 0 Å². The van der Waals surface area contributed by atoms with Crippen molar-refractivity contribution < 1.29 is 24.5 Å². The number of carbonyl (C=O) groups is 2. The number of Topliss-reactive ketones (excluding diaryl/α,β-unsaturated/α-hetero) is 1. The Morgan fingerprint density at radius 1 is 1.00 bits per heavy atom. The Labute approximate surface area is 201 Å². The largest absolute Gasteiger partial charge is 0.508 e. The first-order valence-electron chi connectivity index (χ1n) is 11.9. The number of nitrogens with zero attached hydrogens (tertiary/aromatic N) is 2. The second-order valence-corrected chi connectivity index (χ2v) is 8.34. The van der Waals surface area contributed by atoms with Crippen LogP contribution < -0.4 is 4.74 Å². The van der Waals surface area contributed by atoms with Crippen LogP contribution in [0.2, 0.25) is 0 Å². The fourth-order valence-corrected chi connectivity index (χ4v) is 4.10. The first-order chi connectivity index (χ1) is 16.4. The number of ketones is 1. The molecule has 1 heterocycles. The fraction of sp³-hybridized carbons (Fsp3) is 0.407. The standard InChI is InChI=1S/C27H34N2O5/c1-4-7-18-34-22-14-10-20(11-15-22)25(31)23-24(19-8-12-21(30)13-9-19)29(27(33)26(23)32)17-16-28(5-2)6-3/h8-15,24,30-31H,4-7,16-18H2,1-3H3/b25-23+. The number of rotatable bonds is 11. The summed E-state index contributed by atoms with van der Waals surface area (Å²) in [4.78, 5) is 29.8. The normalized spacial score (nSPS) is 17.5. The van der Waals surface area contributed by atoms with Crippen molar-refractivity contribution in [3.05, 3.63) is 65.2 Å². The topological polar surface area (TPSA) is 90.3 Å². The molecule has 0 radical (unpaired) electrons. The molecule has 7 heteroatoms. The summed E-state index contributed by atoms with van der Waals surface area (Å²) in [6, 6.07) is 12.5. The van der Waals surface area contributed by atoms with Gasteiger partial charge in [0.25, 0.3) is 11.7 Å². The number of hydrogen-bond donors (Lipinski definition) is 2. The van der Waals surface area contributed by atoms with E-state index in [2.05, 4.69) is 11.8 Å². The Hall–Kier alpha value is -3.32. The molecule has 1 atom stereocenters. The van der Waals surface area contributed by atoms with E-state index in [1.54, 1.807) is 36.4 Å². The molecule has 7 nitrogen and oxygen atoms in total. The number of likely N-dealkylation sites (N-methyl/N-ethyl adjacent to an activating group) is 1. The average molecular weight is 467 g/mol. The molecule has 1 unspecified atom stereocenters. The highest BCUT2D eigenvalue weighted by Crippen LogP contribution is 2.39. The molecule has 1 fully saturated rings. The summed E-state index contributed by atoms with van der Waals surface area (Å²) in [5.41, 5.74) is 1.14. The Kier molecular flexibility index (Phi) is 8.71. The van der Waals surface area contributed by atoms with Crippen LogP contribution in [0, 0.1) is 0 Å². The zero-order valence-corrected chi connectivity index (χ0v) is 20.2.